The second kappa shape index (κ2) is 256. The van der Waals surface area contributed by atoms with Gasteiger partial charge in [-0.15, -0.1) is 0 Å². The van der Waals surface area contributed by atoms with Crippen LogP contribution in [-0.4, -0.2) is 45.5 Å². The zero-order valence-electron chi connectivity index (χ0n) is 8.24. The van der Waals surface area contributed by atoms with Crippen molar-refractivity contribution in [3.8, 4) is 0 Å². The molecule has 2 radical (unpaired) electrons. The van der Waals surface area contributed by atoms with Gasteiger partial charge < -0.3 is 27.7 Å². The minimum absolute atomic E-state index is 0. The van der Waals surface area contributed by atoms with Crippen molar-refractivity contribution in [2.75, 3.05) is 0 Å². The van der Waals surface area contributed by atoms with Crippen LogP contribution in [0.2, 0.25) is 0 Å². The van der Waals surface area contributed by atoms with Crippen molar-refractivity contribution in [3.05, 3.63) is 27.7 Å². The summed E-state index contributed by atoms with van der Waals surface area (Å²) in [5, 5.41) is 0. The maximum absolute atomic E-state index is 3.25. The summed E-state index contributed by atoms with van der Waals surface area (Å²) in [7, 11) is 0. The van der Waals surface area contributed by atoms with Gasteiger partial charge in [0.05, 0.1) is 0 Å². The van der Waals surface area contributed by atoms with E-state index in [1.54, 1.807) is 27.7 Å². The molecule has 0 heterocycles. The first-order valence-electron chi connectivity index (χ1n) is 2.83. The van der Waals surface area contributed by atoms with Gasteiger partial charge in [-0.1, -0.05) is 0 Å². The topological polar surface area (TPSA) is 0 Å². The Morgan fingerprint density at radius 3 is 0.500 bits per heavy atom. The van der Waals surface area contributed by atoms with Crippen molar-refractivity contribution in [1.82, 2.24) is 0 Å². The average molecular weight is 269 g/mol. The van der Waals surface area contributed by atoms with E-state index in [4.69, 9.17) is 0 Å². The summed E-state index contributed by atoms with van der Waals surface area (Å²) in [6.45, 7) is 20.0. The Bertz CT molecular complexity index is 9.22. The molecular formula is C8H20SrZn-4. The van der Waals surface area contributed by atoms with E-state index in [1.165, 1.54) is 0 Å². The fourth-order valence-corrected chi connectivity index (χ4v) is 0. The number of rotatable bonds is 0. The summed E-state index contributed by atoms with van der Waals surface area (Å²) in [6.07, 6.45) is 0. The summed E-state index contributed by atoms with van der Waals surface area (Å²) < 4.78 is 0. The van der Waals surface area contributed by atoms with Gasteiger partial charge in [0, 0.05) is 65.0 Å². The Morgan fingerprint density at radius 2 is 0.500 bits per heavy atom. The molecule has 60 valence electrons. The van der Waals surface area contributed by atoms with Gasteiger partial charge in [0.2, 0.25) is 0 Å². The van der Waals surface area contributed by atoms with Crippen molar-refractivity contribution in [2.24, 2.45) is 0 Å². The molecule has 0 aliphatic heterocycles. The monoisotopic (exact) mass is 268 g/mol. The van der Waals surface area contributed by atoms with Crippen LogP contribution < -0.4 is 0 Å². The molecule has 0 aliphatic rings. The first-order chi connectivity index (χ1) is 4.00. The first kappa shape index (κ1) is 40.1. The molecule has 0 spiro atoms. The molecule has 0 saturated carbocycles. The van der Waals surface area contributed by atoms with E-state index in [1.807, 2.05) is 0 Å². The van der Waals surface area contributed by atoms with Crippen molar-refractivity contribution < 1.29 is 19.5 Å². The smallest absolute Gasteiger partial charge is 0 e. The molecular weight excluding hydrogens is 249 g/mol. The van der Waals surface area contributed by atoms with E-state index < -0.39 is 0 Å². The van der Waals surface area contributed by atoms with Crippen molar-refractivity contribution in [2.45, 2.75) is 27.7 Å². The van der Waals surface area contributed by atoms with Crippen LogP contribution in [0.25, 0.3) is 0 Å². The van der Waals surface area contributed by atoms with E-state index in [-0.39, 0.29) is 65.0 Å². The van der Waals surface area contributed by atoms with E-state index in [0.29, 0.717) is 0 Å². The van der Waals surface area contributed by atoms with Crippen molar-refractivity contribution >= 4 is 45.5 Å². The van der Waals surface area contributed by atoms with Gasteiger partial charge in [-0.25, -0.2) is 0 Å². The Hall–Kier alpha value is 2.10. The predicted octanol–water partition coefficient (Wildman–Crippen LogP) is 2.98. The molecule has 0 N–H and O–H groups in total. The molecule has 0 nitrogen and oxygen atoms in total. The molecule has 0 aromatic heterocycles. The summed E-state index contributed by atoms with van der Waals surface area (Å²) in [5.41, 5.74) is 0. The maximum Gasteiger partial charge on any atom is 0 e. The molecule has 0 fully saturated rings. The van der Waals surface area contributed by atoms with Gasteiger partial charge >= 0.3 is 0 Å². The van der Waals surface area contributed by atoms with Crippen LogP contribution in [0.15, 0.2) is 0 Å². The molecule has 2 heteroatoms. The Kier molecular flexibility index (Phi) is 1030. The largest absolute Gasteiger partial charge is 0.346 e. The molecule has 0 rings (SSSR count). The Morgan fingerprint density at radius 1 is 0.500 bits per heavy atom. The molecule has 0 bridgehead atoms. The molecule has 0 saturated heterocycles. The summed E-state index contributed by atoms with van der Waals surface area (Å²) in [4.78, 5) is 0. The summed E-state index contributed by atoms with van der Waals surface area (Å²) in [6, 6.07) is 0. The van der Waals surface area contributed by atoms with Gasteiger partial charge in [0.25, 0.3) is 0 Å². The standard InChI is InChI=1S/4C2H5.Sr.Zn/c4*1-2;;/h4*1H2,2H3;;/q4*-1;;. The third-order valence-electron chi connectivity index (χ3n) is 0. The van der Waals surface area contributed by atoms with Crippen LogP contribution in [0.3, 0.4) is 0 Å². The second-order valence-corrected chi connectivity index (χ2v) is 0. The van der Waals surface area contributed by atoms with E-state index in [0.717, 1.165) is 0 Å². The van der Waals surface area contributed by atoms with Gasteiger partial charge in [0.1, 0.15) is 0 Å². The quantitative estimate of drug-likeness (QED) is 0.468. The van der Waals surface area contributed by atoms with Gasteiger partial charge in [-0.2, -0.15) is 27.7 Å². The predicted molar refractivity (Wildman–Crippen MR) is 49.9 cm³/mol. The molecule has 0 atom stereocenters. The Balaban J connectivity index is -0.00000000500. The third kappa shape index (κ3) is 189. The van der Waals surface area contributed by atoms with Crippen LogP contribution in [-0.2, 0) is 19.5 Å². The average Bonchev–Trinajstić information content (AvgIpc) is 2.03. The van der Waals surface area contributed by atoms with Crippen molar-refractivity contribution in [1.29, 1.82) is 0 Å². The second-order valence-electron chi connectivity index (χ2n) is 0. The van der Waals surface area contributed by atoms with E-state index in [2.05, 4.69) is 27.7 Å². The zero-order chi connectivity index (χ0) is 8.00. The molecule has 0 aromatic carbocycles. The van der Waals surface area contributed by atoms with Gasteiger partial charge in [-0.05, 0) is 0 Å². The fourth-order valence-electron chi connectivity index (χ4n) is 0. The Labute approximate surface area is 119 Å². The third-order valence-corrected chi connectivity index (χ3v) is 0. The minimum Gasteiger partial charge on any atom is -0.346 e. The first-order valence-corrected chi connectivity index (χ1v) is 2.83. The van der Waals surface area contributed by atoms with Gasteiger partial charge in [-0.3, -0.25) is 0 Å². The maximum atomic E-state index is 3.25. The SMILES string of the molecule is [CH2-]C.[CH2-]C.[CH2-]C.[CH2-]C.[Sr].[Zn]. The number of hydrogen-bond acceptors (Lipinski definition) is 0. The molecule has 0 amide bonds. The molecule has 0 unspecified atom stereocenters. The molecule has 10 heavy (non-hydrogen) atoms. The van der Waals surface area contributed by atoms with Gasteiger partial charge in [0.15, 0.2) is 0 Å². The summed E-state index contributed by atoms with van der Waals surface area (Å²) >= 11 is 0. The summed E-state index contributed by atoms with van der Waals surface area (Å²) in [5.74, 6) is 0. The van der Waals surface area contributed by atoms with Crippen LogP contribution in [0.1, 0.15) is 27.7 Å². The van der Waals surface area contributed by atoms with Crippen LogP contribution in [0, 0.1) is 27.7 Å². The zero-order valence-corrected chi connectivity index (χ0v) is 14.7. The fraction of sp³-hybridized carbons (Fsp3) is 0.500. The van der Waals surface area contributed by atoms with Crippen LogP contribution in [0.5, 0.6) is 0 Å². The van der Waals surface area contributed by atoms with E-state index >= 15 is 0 Å². The molecule has 0 aromatic rings. The van der Waals surface area contributed by atoms with Crippen LogP contribution >= 0.6 is 0 Å². The molecule has 0 aliphatic carbocycles. The van der Waals surface area contributed by atoms with Crippen molar-refractivity contribution in [3.63, 3.8) is 0 Å². The van der Waals surface area contributed by atoms with E-state index in [9.17, 15) is 0 Å². The minimum atomic E-state index is 0. The number of hydrogen-bond donors (Lipinski definition) is 0. The van der Waals surface area contributed by atoms with Crippen LogP contribution in [0.4, 0.5) is 0 Å². The normalized spacial score (nSPS) is 2.40.